The third-order valence-electron chi connectivity index (χ3n) is 4.06. The van der Waals surface area contributed by atoms with Crippen molar-refractivity contribution < 1.29 is 14.3 Å². The number of benzene rings is 1. The van der Waals surface area contributed by atoms with Crippen LogP contribution in [-0.4, -0.2) is 41.5 Å². The molecule has 2 unspecified atom stereocenters. The molecule has 1 aromatic rings. The van der Waals surface area contributed by atoms with Gasteiger partial charge in [-0.15, -0.1) is 11.8 Å². The number of rotatable bonds is 4. The Morgan fingerprint density at radius 1 is 1.38 bits per heavy atom. The molecule has 0 aromatic heterocycles. The van der Waals surface area contributed by atoms with Crippen molar-refractivity contribution in [3.05, 3.63) is 29.8 Å². The summed E-state index contributed by atoms with van der Waals surface area (Å²) in [4.78, 5) is 26.9. The molecule has 132 valence electrons. The Morgan fingerprint density at radius 2 is 2.08 bits per heavy atom. The second-order valence-electron chi connectivity index (χ2n) is 7.03. The largest absolute Gasteiger partial charge is 0.377 e. The Kier molecular flexibility index (Phi) is 5.93. The van der Waals surface area contributed by atoms with Crippen LogP contribution in [-0.2, 0) is 14.3 Å². The maximum Gasteiger partial charge on any atom is 0.248 e. The van der Waals surface area contributed by atoms with Gasteiger partial charge in [-0.1, -0.05) is 32.9 Å². The molecule has 1 aliphatic rings. The van der Waals surface area contributed by atoms with Crippen molar-refractivity contribution in [1.29, 1.82) is 0 Å². The number of hydrogen-bond donors (Lipinski definition) is 1. The van der Waals surface area contributed by atoms with Crippen LogP contribution in [0.3, 0.4) is 0 Å². The van der Waals surface area contributed by atoms with E-state index >= 15 is 0 Å². The highest BCUT2D eigenvalue weighted by molar-refractivity contribution is 7.99. The van der Waals surface area contributed by atoms with E-state index in [1.54, 1.807) is 23.8 Å². The summed E-state index contributed by atoms with van der Waals surface area (Å²) < 4.78 is 5.31. The van der Waals surface area contributed by atoms with E-state index < -0.39 is 11.5 Å². The fourth-order valence-electron chi connectivity index (χ4n) is 2.52. The molecular weight excluding hydrogens is 324 g/mol. The number of methoxy groups -OCH3 is 1. The van der Waals surface area contributed by atoms with E-state index in [9.17, 15) is 9.59 Å². The molecule has 1 fully saturated rings. The highest BCUT2D eigenvalue weighted by Crippen LogP contribution is 2.28. The van der Waals surface area contributed by atoms with E-state index in [1.165, 1.54) is 0 Å². The van der Waals surface area contributed by atoms with E-state index in [-0.39, 0.29) is 17.9 Å². The maximum atomic E-state index is 12.7. The van der Waals surface area contributed by atoms with Gasteiger partial charge in [0.15, 0.2) is 0 Å². The number of thioether (sulfide) groups is 1. The smallest absolute Gasteiger partial charge is 0.248 e. The van der Waals surface area contributed by atoms with Crippen molar-refractivity contribution in [1.82, 2.24) is 4.90 Å². The van der Waals surface area contributed by atoms with E-state index in [0.29, 0.717) is 11.6 Å². The lowest BCUT2D eigenvalue weighted by molar-refractivity contribution is -0.143. The first-order chi connectivity index (χ1) is 11.2. The molecule has 5 nitrogen and oxygen atoms in total. The van der Waals surface area contributed by atoms with Gasteiger partial charge >= 0.3 is 0 Å². The van der Waals surface area contributed by atoms with Gasteiger partial charge in [-0.05, 0) is 24.6 Å². The molecule has 24 heavy (non-hydrogen) atoms. The average Bonchev–Trinajstić information content (AvgIpc) is 3.02. The van der Waals surface area contributed by atoms with Crippen LogP contribution in [0.5, 0.6) is 0 Å². The topological polar surface area (TPSA) is 58.6 Å². The fourth-order valence-corrected chi connectivity index (χ4v) is 3.68. The van der Waals surface area contributed by atoms with Gasteiger partial charge < -0.3 is 15.0 Å². The first-order valence-corrected chi connectivity index (χ1v) is 9.22. The van der Waals surface area contributed by atoms with Gasteiger partial charge in [0, 0.05) is 24.0 Å². The van der Waals surface area contributed by atoms with Crippen molar-refractivity contribution in [3.8, 4) is 0 Å². The molecule has 1 aromatic carbocycles. The predicted octanol–water partition coefficient (Wildman–Crippen LogP) is 3.28. The minimum Gasteiger partial charge on any atom is -0.377 e. The summed E-state index contributed by atoms with van der Waals surface area (Å²) in [5.74, 6) is 1.06. The fraction of sp³-hybridized carbons (Fsp3) is 0.556. The minimum atomic E-state index is -0.489. The first kappa shape index (κ1) is 18.8. The SMILES string of the molecule is COC(C)c1cccc(NC(=O)C2CSCN2C(=O)C(C)(C)C)c1. The van der Waals surface area contributed by atoms with Crippen molar-refractivity contribution in [2.24, 2.45) is 5.41 Å². The molecule has 0 radical (unpaired) electrons. The van der Waals surface area contributed by atoms with E-state index in [1.807, 2.05) is 52.0 Å². The summed E-state index contributed by atoms with van der Waals surface area (Å²) in [6.07, 6.45) is -0.0390. The Balaban J connectivity index is 2.10. The summed E-state index contributed by atoms with van der Waals surface area (Å²) in [6, 6.07) is 7.18. The second-order valence-corrected chi connectivity index (χ2v) is 8.03. The number of amides is 2. The molecule has 2 atom stereocenters. The Labute approximate surface area is 148 Å². The molecule has 1 N–H and O–H groups in total. The number of nitrogens with zero attached hydrogens (tertiary/aromatic N) is 1. The van der Waals surface area contributed by atoms with Gasteiger partial charge in [0.05, 0.1) is 12.0 Å². The van der Waals surface area contributed by atoms with E-state index in [4.69, 9.17) is 4.74 Å². The molecule has 1 heterocycles. The van der Waals surface area contributed by atoms with E-state index in [0.717, 1.165) is 11.3 Å². The zero-order valence-corrected chi connectivity index (χ0v) is 15.8. The van der Waals surface area contributed by atoms with Crippen LogP contribution >= 0.6 is 11.8 Å². The molecule has 1 aliphatic heterocycles. The summed E-state index contributed by atoms with van der Waals surface area (Å²) in [5.41, 5.74) is 1.23. The molecule has 0 spiro atoms. The van der Waals surface area contributed by atoms with E-state index in [2.05, 4.69) is 5.32 Å². The molecule has 0 saturated carbocycles. The molecule has 6 heteroatoms. The Hall–Kier alpha value is -1.53. The third-order valence-corrected chi connectivity index (χ3v) is 5.08. The molecule has 0 aliphatic carbocycles. The van der Waals surface area contributed by atoms with Crippen LogP contribution in [0.1, 0.15) is 39.4 Å². The quantitative estimate of drug-likeness (QED) is 0.905. The van der Waals surface area contributed by atoms with Gasteiger partial charge in [0.25, 0.3) is 0 Å². The lowest BCUT2D eigenvalue weighted by Crippen LogP contribution is -2.48. The van der Waals surface area contributed by atoms with Crippen molar-refractivity contribution in [2.45, 2.75) is 39.8 Å². The lowest BCUT2D eigenvalue weighted by Gasteiger charge is -2.29. The molecular formula is C18H26N2O3S. The van der Waals surface area contributed by atoms with Gasteiger partial charge in [-0.2, -0.15) is 0 Å². The Morgan fingerprint density at radius 3 is 2.71 bits per heavy atom. The first-order valence-electron chi connectivity index (χ1n) is 8.06. The minimum absolute atomic E-state index is 0.00871. The highest BCUT2D eigenvalue weighted by Gasteiger charge is 2.39. The standard InChI is InChI=1S/C18H26N2O3S/c1-12(23-5)13-7-6-8-14(9-13)19-16(21)15-10-24-11-20(15)17(22)18(2,3)4/h6-9,12,15H,10-11H2,1-5H3,(H,19,21). The summed E-state index contributed by atoms with van der Waals surface area (Å²) in [5, 5.41) is 2.94. The lowest BCUT2D eigenvalue weighted by atomic mass is 9.94. The van der Waals surface area contributed by atoms with Gasteiger partial charge in [-0.25, -0.2) is 0 Å². The second kappa shape index (κ2) is 7.57. The van der Waals surface area contributed by atoms with Gasteiger partial charge in [0.2, 0.25) is 11.8 Å². The number of nitrogens with one attached hydrogen (secondary N) is 1. The van der Waals surface area contributed by atoms with Crippen molar-refractivity contribution in [3.63, 3.8) is 0 Å². The predicted molar refractivity (Wildman–Crippen MR) is 97.9 cm³/mol. The van der Waals surface area contributed by atoms with Crippen molar-refractivity contribution >= 4 is 29.3 Å². The maximum absolute atomic E-state index is 12.7. The van der Waals surface area contributed by atoms with Gasteiger partial charge in [0.1, 0.15) is 6.04 Å². The van der Waals surface area contributed by atoms with Crippen LogP contribution in [0.25, 0.3) is 0 Å². The third kappa shape index (κ3) is 4.30. The van der Waals surface area contributed by atoms with Crippen LogP contribution in [0.2, 0.25) is 0 Å². The molecule has 2 amide bonds. The number of ether oxygens (including phenoxy) is 1. The summed E-state index contributed by atoms with van der Waals surface area (Å²) in [7, 11) is 1.65. The highest BCUT2D eigenvalue weighted by atomic mass is 32.2. The van der Waals surface area contributed by atoms with Crippen LogP contribution < -0.4 is 5.32 Å². The summed E-state index contributed by atoms with van der Waals surface area (Å²) in [6.45, 7) is 7.59. The summed E-state index contributed by atoms with van der Waals surface area (Å²) >= 11 is 1.61. The van der Waals surface area contributed by atoms with Crippen LogP contribution in [0, 0.1) is 5.41 Å². The molecule has 2 rings (SSSR count). The average molecular weight is 350 g/mol. The van der Waals surface area contributed by atoms with Gasteiger partial charge in [-0.3, -0.25) is 9.59 Å². The Bertz CT molecular complexity index is 613. The number of carbonyl (C=O) groups excluding carboxylic acids is 2. The zero-order valence-electron chi connectivity index (χ0n) is 15.0. The molecule has 0 bridgehead atoms. The normalized spacial score (nSPS) is 19.2. The van der Waals surface area contributed by atoms with Crippen LogP contribution in [0.15, 0.2) is 24.3 Å². The zero-order chi connectivity index (χ0) is 17.9. The molecule has 1 saturated heterocycles. The van der Waals surface area contributed by atoms with Crippen LogP contribution in [0.4, 0.5) is 5.69 Å². The number of carbonyl (C=O) groups is 2. The van der Waals surface area contributed by atoms with Crippen molar-refractivity contribution in [2.75, 3.05) is 24.1 Å². The number of hydrogen-bond acceptors (Lipinski definition) is 4. The monoisotopic (exact) mass is 350 g/mol. The number of anilines is 1.